The molecule has 0 fully saturated rings. The molecule has 8 heteroatoms. The highest BCUT2D eigenvalue weighted by molar-refractivity contribution is 9.10. The molecule has 0 radical (unpaired) electrons. The first-order valence-electron chi connectivity index (χ1n) is 9.05. The van der Waals surface area contributed by atoms with Gasteiger partial charge in [0.05, 0.1) is 15.6 Å². The van der Waals surface area contributed by atoms with Gasteiger partial charge in [-0.25, -0.2) is 8.42 Å². The molecule has 0 aliphatic carbocycles. The SMILES string of the molecule is N#Cc1c(Cl)cccc1Oc1ccc(S(=O)(=O)Nc2ccc(Br)c3ccccc23)cc1. The predicted octanol–water partition coefficient (Wildman–Crippen LogP) is 6.72. The third kappa shape index (κ3) is 4.37. The Morgan fingerprint density at radius 2 is 1.61 bits per heavy atom. The first-order chi connectivity index (χ1) is 14.9. The molecule has 0 bridgehead atoms. The highest BCUT2D eigenvalue weighted by Gasteiger charge is 2.17. The summed E-state index contributed by atoms with van der Waals surface area (Å²) in [7, 11) is -3.82. The Kier molecular flexibility index (Phi) is 5.88. The van der Waals surface area contributed by atoms with E-state index >= 15 is 0 Å². The lowest BCUT2D eigenvalue weighted by Gasteiger charge is -2.13. The first-order valence-corrected chi connectivity index (χ1v) is 11.7. The number of benzene rings is 4. The number of nitriles is 1. The van der Waals surface area contributed by atoms with Crippen LogP contribution in [0.3, 0.4) is 0 Å². The normalized spacial score (nSPS) is 11.1. The molecule has 4 rings (SSSR count). The number of hydrogen-bond acceptors (Lipinski definition) is 4. The molecule has 154 valence electrons. The van der Waals surface area contributed by atoms with Gasteiger partial charge in [0.25, 0.3) is 10.0 Å². The van der Waals surface area contributed by atoms with Gasteiger partial charge in [-0.05, 0) is 53.9 Å². The van der Waals surface area contributed by atoms with E-state index in [4.69, 9.17) is 16.3 Å². The minimum Gasteiger partial charge on any atom is -0.456 e. The second kappa shape index (κ2) is 8.60. The lowest BCUT2D eigenvalue weighted by molar-refractivity contribution is 0.480. The number of halogens is 2. The molecule has 5 nitrogen and oxygen atoms in total. The van der Waals surface area contributed by atoms with Gasteiger partial charge in [0.15, 0.2) is 0 Å². The molecule has 0 amide bonds. The van der Waals surface area contributed by atoms with Crippen molar-refractivity contribution in [2.24, 2.45) is 0 Å². The molecule has 0 heterocycles. The fourth-order valence-electron chi connectivity index (χ4n) is 3.07. The molecule has 0 atom stereocenters. The standard InChI is InChI=1S/C23H14BrClN2O3S/c24-20-12-13-22(18-5-2-1-4-17(18)20)27-31(28,29)16-10-8-15(9-11-16)30-23-7-3-6-21(25)19(23)14-26/h1-13,27H. The van der Waals surface area contributed by atoms with Crippen molar-refractivity contribution >= 4 is 54.0 Å². The minimum atomic E-state index is -3.82. The van der Waals surface area contributed by atoms with Crippen molar-refractivity contribution in [3.8, 4) is 17.6 Å². The molecule has 0 aliphatic rings. The van der Waals surface area contributed by atoms with E-state index < -0.39 is 10.0 Å². The van der Waals surface area contributed by atoms with Gasteiger partial charge >= 0.3 is 0 Å². The average molecular weight is 514 g/mol. The molecule has 4 aromatic rings. The number of fused-ring (bicyclic) bond motifs is 1. The van der Waals surface area contributed by atoms with Gasteiger partial charge in [-0.1, -0.05) is 57.9 Å². The summed E-state index contributed by atoms with van der Waals surface area (Å²) in [6.45, 7) is 0. The lowest BCUT2D eigenvalue weighted by Crippen LogP contribution is -2.13. The first kappa shape index (κ1) is 21.2. The maximum absolute atomic E-state index is 12.9. The Balaban J connectivity index is 1.60. The summed E-state index contributed by atoms with van der Waals surface area (Å²) in [5.41, 5.74) is 0.696. The Hall–Kier alpha value is -3.05. The Morgan fingerprint density at radius 1 is 0.903 bits per heavy atom. The summed E-state index contributed by atoms with van der Waals surface area (Å²) in [6, 6.07) is 23.8. The Morgan fingerprint density at radius 3 is 2.32 bits per heavy atom. The van der Waals surface area contributed by atoms with Crippen molar-refractivity contribution in [1.29, 1.82) is 5.26 Å². The lowest BCUT2D eigenvalue weighted by atomic mass is 10.1. The Bertz CT molecular complexity index is 1430. The van der Waals surface area contributed by atoms with Crippen molar-refractivity contribution in [2.45, 2.75) is 4.90 Å². The number of sulfonamides is 1. The van der Waals surface area contributed by atoms with Gasteiger partial charge in [-0.2, -0.15) is 5.26 Å². The highest BCUT2D eigenvalue weighted by Crippen LogP contribution is 2.33. The van der Waals surface area contributed by atoms with E-state index in [1.807, 2.05) is 30.3 Å². The number of anilines is 1. The monoisotopic (exact) mass is 512 g/mol. The van der Waals surface area contributed by atoms with E-state index in [1.54, 1.807) is 30.3 Å². The highest BCUT2D eigenvalue weighted by atomic mass is 79.9. The van der Waals surface area contributed by atoms with Crippen LogP contribution in [0, 0.1) is 11.3 Å². The largest absolute Gasteiger partial charge is 0.456 e. The number of rotatable bonds is 5. The maximum Gasteiger partial charge on any atom is 0.261 e. The molecule has 0 saturated heterocycles. The summed E-state index contributed by atoms with van der Waals surface area (Å²) in [5, 5.41) is 11.2. The third-order valence-corrected chi connectivity index (χ3v) is 6.95. The van der Waals surface area contributed by atoms with E-state index in [1.165, 1.54) is 24.3 Å². The third-order valence-electron chi connectivity index (χ3n) is 4.56. The van der Waals surface area contributed by atoms with Crippen LogP contribution in [0.1, 0.15) is 5.56 Å². The maximum atomic E-state index is 12.9. The zero-order valence-corrected chi connectivity index (χ0v) is 19.0. The topological polar surface area (TPSA) is 79.2 Å². The van der Waals surface area contributed by atoms with E-state index in [0.717, 1.165) is 15.2 Å². The van der Waals surface area contributed by atoms with Crippen LogP contribution >= 0.6 is 27.5 Å². The summed E-state index contributed by atoms with van der Waals surface area (Å²) in [4.78, 5) is 0.0819. The van der Waals surface area contributed by atoms with Crippen LogP contribution in [0.4, 0.5) is 5.69 Å². The summed E-state index contributed by atoms with van der Waals surface area (Å²) in [5.74, 6) is 0.678. The molecule has 31 heavy (non-hydrogen) atoms. The minimum absolute atomic E-state index is 0.0819. The van der Waals surface area contributed by atoms with Crippen molar-refractivity contribution < 1.29 is 13.2 Å². The van der Waals surface area contributed by atoms with Gasteiger partial charge in [0, 0.05) is 9.86 Å². The zero-order valence-electron chi connectivity index (χ0n) is 15.8. The van der Waals surface area contributed by atoms with E-state index in [9.17, 15) is 13.7 Å². The van der Waals surface area contributed by atoms with Crippen molar-refractivity contribution in [2.75, 3.05) is 4.72 Å². The Labute approximate surface area is 193 Å². The number of ether oxygens (including phenoxy) is 1. The van der Waals surface area contributed by atoms with Crippen LogP contribution in [0.5, 0.6) is 11.5 Å². The van der Waals surface area contributed by atoms with Crippen molar-refractivity contribution in [3.05, 3.63) is 93.9 Å². The van der Waals surface area contributed by atoms with Crippen LogP contribution < -0.4 is 9.46 Å². The fourth-order valence-corrected chi connectivity index (χ4v) is 4.83. The quantitative estimate of drug-likeness (QED) is 0.321. The van der Waals surface area contributed by atoms with Crippen LogP contribution in [0.15, 0.2) is 88.2 Å². The number of nitrogens with one attached hydrogen (secondary N) is 1. The van der Waals surface area contributed by atoms with E-state index in [-0.39, 0.29) is 15.5 Å². The van der Waals surface area contributed by atoms with E-state index in [2.05, 4.69) is 20.7 Å². The molecule has 0 unspecified atom stereocenters. The molecule has 1 N–H and O–H groups in total. The van der Waals surface area contributed by atoms with Gasteiger partial charge in [-0.15, -0.1) is 0 Å². The zero-order chi connectivity index (χ0) is 22.0. The molecule has 0 aliphatic heterocycles. The number of hydrogen-bond donors (Lipinski definition) is 1. The van der Waals surface area contributed by atoms with Crippen molar-refractivity contribution in [1.82, 2.24) is 0 Å². The average Bonchev–Trinajstić information content (AvgIpc) is 2.76. The van der Waals surface area contributed by atoms with Gasteiger partial charge in [0.2, 0.25) is 0 Å². The van der Waals surface area contributed by atoms with Gasteiger partial charge in [0.1, 0.15) is 23.1 Å². The summed E-state index contributed by atoms with van der Waals surface area (Å²) < 4.78 is 35.1. The van der Waals surface area contributed by atoms with Crippen LogP contribution in [-0.2, 0) is 10.0 Å². The molecular formula is C23H14BrClN2O3S. The second-order valence-corrected chi connectivity index (χ2v) is 9.49. The molecule has 0 spiro atoms. The number of nitrogens with zero attached hydrogens (tertiary/aromatic N) is 1. The van der Waals surface area contributed by atoms with Crippen molar-refractivity contribution in [3.63, 3.8) is 0 Å². The molecular weight excluding hydrogens is 500 g/mol. The molecule has 0 saturated carbocycles. The summed E-state index contributed by atoms with van der Waals surface area (Å²) >= 11 is 9.50. The van der Waals surface area contributed by atoms with Crippen LogP contribution in [-0.4, -0.2) is 8.42 Å². The fraction of sp³-hybridized carbons (Fsp3) is 0. The molecule has 0 aromatic heterocycles. The van der Waals surface area contributed by atoms with Crippen LogP contribution in [0.25, 0.3) is 10.8 Å². The van der Waals surface area contributed by atoms with Gasteiger partial charge in [-0.3, -0.25) is 4.72 Å². The van der Waals surface area contributed by atoms with Gasteiger partial charge < -0.3 is 4.74 Å². The second-order valence-electron chi connectivity index (χ2n) is 6.54. The predicted molar refractivity (Wildman–Crippen MR) is 125 cm³/mol. The molecule has 4 aromatic carbocycles. The van der Waals surface area contributed by atoms with Crippen LogP contribution in [0.2, 0.25) is 5.02 Å². The smallest absolute Gasteiger partial charge is 0.261 e. The summed E-state index contributed by atoms with van der Waals surface area (Å²) in [6.07, 6.45) is 0. The van der Waals surface area contributed by atoms with E-state index in [0.29, 0.717) is 17.2 Å².